The molecule has 27 heavy (non-hydrogen) atoms. The molecule has 1 aromatic carbocycles. The van der Waals surface area contributed by atoms with Crippen molar-refractivity contribution in [1.82, 2.24) is 19.3 Å². The van der Waals surface area contributed by atoms with Crippen LogP contribution in [0.25, 0.3) is 5.82 Å². The van der Waals surface area contributed by atoms with Gasteiger partial charge in [-0.3, -0.25) is 4.57 Å². The molecule has 6 nitrogen and oxygen atoms in total. The molecule has 3 aromatic rings. The molecule has 0 atom stereocenters. The number of nitrogens with one attached hydrogen (secondary N) is 1. The van der Waals surface area contributed by atoms with E-state index in [-0.39, 0.29) is 6.54 Å². The van der Waals surface area contributed by atoms with Gasteiger partial charge in [-0.1, -0.05) is 12.1 Å². The van der Waals surface area contributed by atoms with E-state index >= 15 is 0 Å². The van der Waals surface area contributed by atoms with Crippen LogP contribution in [0, 0.1) is 6.92 Å². The summed E-state index contributed by atoms with van der Waals surface area (Å²) < 4.78 is 66.9. The summed E-state index contributed by atoms with van der Waals surface area (Å²) >= 11 is 0. The highest BCUT2D eigenvalue weighted by Crippen LogP contribution is 2.30. The lowest BCUT2D eigenvalue weighted by Gasteiger charge is -2.11. The SMILES string of the molecule is Cc1nccn1-c1ccc(CNS(=O)(=O)c2cccc(C(F)(F)F)c2)cn1. The average Bonchev–Trinajstić information content (AvgIpc) is 3.06. The molecule has 10 heteroatoms. The molecule has 0 unspecified atom stereocenters. The van der Waals surface area contributed by atoms with E-state index in [1.54, 1.807) is 29.1 Å². The van der Waals surface area contributed by atoms with Gasteiger partial charge in [0.1, 0.15) is 11.6 Å². The van der Waals surface area contributed by atoms with Crippen LogP contribution >= 0.6 is 0 Å². The van der Waals surface area contributed by atoms with E-state index in [1.165, 1.54) is 6.20 Å². The zero-order chi connectivity index (χ0) is 19.7. The first-order chi connectivity index (χ1) is 12.7. The molecular formula is C17H15F3N4O2S. The van der Waals surface area contributed by atoms with Crippen LogP contribution in [0.4, 0.5) is 13.2 Å². The Hall–Kier alpha value is -2.72. The number of aromatic nitrogens is 3. The molecule has 1 N–H and O–H groups in total. The molecule has 3 rings (SSSR count). The van der Waals surface area contributed by atoms with Crippen LogP contribution in [0.15, 0.2) is 59.9 Å². The molecule has 142 valence electrons. The number of imidazole rings is 1. The molecule has 0 spiro atoms. The van der Waals surface area contributed by atoms with Gasteiger partial charge in [-0.15, -0.1) is 0 Å². The molecule has 0 radical (unpaired) electrons. The highest BCUT2D eigenvalue weighted by molar-refractivity contribution is 7.89. The van der Waals surface area contributed by atoms with E-state index < -0.39 is 26.7 Å². The van der Waals surface area contributed by atoms with Gasteiger partial charge in [0, 0.05) is 25.1 Å². The molecule has 0 aliphatic heterocycles. The van der Waals surface area contributed by atoms with Gasteiger partial charge in [0.05, 0.1) is 10.5 Å². The van der Waals surface area contributed by atoms with Crippen molar-refractivity contribution < 1.29 is 21.6 Å². The molecule has 0 fully saturated rings. The number of aryl methyl sites for hydroxylation is 1. The standard InChI is InChI=1S/C17H15F3N4O2S/c1-12-21-7-8-24(12)16-6-5-13(10-22-16)11-23-27(25,26)15-4-2-3-14(9-15)17(18,19)20/h2-10,23H,11H2,1H3. The van der Waals surface area contributed by atoms with Gasteiger partial charge in [0.2, 0.25) is 10.0 Å². The van der Waals surface area contributed by atoms with E-state index in [9.17, 15) is 21.6 Å². The second-order valence-electron chi connectivity index (χ2n) is 5.72. The second-order valence-corrected chi connectivity index (χ2v) is 7.49. The zero-order valence-electron chi connectivity index (χ0n) is 14.1. The van der Waals surface area contributed by atoms with Crippen LogP contribution in [0.2, 0.25) is 0 Å². The number of sulfonamides is 1. The molecule has 0 amide bonds. The number of hydrogen-bond donors (Lipinski definition) is 1. The van der Waals surface area contributed by atoms with Gasteiger partial charge in [-0.05, 0) is 36.8 Å². The number of alkyl halides is 3. The van der Waals surface area contributed by atoms with Crippen molar-refractivity contribution in [2.24, 2.45) is 0 Å². The first-order valence-electron chi connectivity index (χ1n) is 7.79. The van der Waals surface area contributed by atoms with Gasteiger partial charge in [0.25, 0.3) is 0 Å². The predicted octanol–water partition coefficient (Wildman–Crippen LogP) is 3.07. The fraction of sp³-hybridized carbons (Fsp3) is 0.176. The van der Waals surface area contributed by atoms with Crippen molar-refractivity contribution >= 4 is 10.0 Å². The zero-order valence-corrected chi connectivity index (χ0v) is 14.9. The molecule has 0 saturated carbocycles. The van der Waals surface area contributed by atoms with E-state index in [0.717, 1.165) is 24.0 Å². The molecule has 2 heterocycles. The van der Waals surface area contributed by atoms with E-state index in [0.29, 0.717) is 17.4 Å². The van der Waals surface area contributed by atoms with Crippen molar-refractivity contribution in [3.8, 4) is 5.82 Å². The summed E-state index contributed by atoms with van der Waals surface area (Å²) in [6.07, 6.45) is 0.252. The van der Waals surface area contributed by atoms with E-state index in [1.807, 2.05) is 6.92 Å². The minimum Gasteiger partial charge on any atom is -0.288 e. The first-order valence-corrected chi connectivity index (χ1v) is 9.27. The molecule has 0 aliphatic carbocycles. The van der Waals surface area contributed by atoms with Crippen molar-refractivity contribution in [3.05, 3.63) is 71.9 Å². The Balaban J connectivity index is 1.73. The lowest BCUT2D eigenvalue weighted by Crippen LogP contribution is -2.23. The summed E-state index contributed by atoms with van der Waals surface area (Å²) in [4.78, 5) is 7.89. The number of hydrogen-bond acceptors (Lipinski definition) is 4. The third kappa shape index (κ3) is 4.34. The van der Waals surface area contributed by atoms with Crippen LogP contribution in [-0.2, 0) is 22.7 Å². The lowest BCUT2D eigenvalue weighted by molar-refractivity contribution is -0.137. The monoisotopic (exact) mass is 396 g/mol. The van der Waals surface area contributed by atoms with Gasteiger partial charge >= 0.3 is 6.18 Å². The molecule has 2 aromatic heterocycles. The largest absolute Gasteiger partial charge is 0.416 e. The number of halogens is 3. The van der Waals surface area contributed by atoms with Crippen LogP contribution in [0.3, 0.4) is 0 Å². The number of rotatable bonds is 5. The number of pyridine rings is 1. The third-order valence-corrected chi connectivity index (χ3v) is 5.22. The fourth-order valence-corrected chi connectivity index (χ4v) is 3.45. The first kappa shape index (κ1) is 19.1. The summed E-state index contributed by atoms with van der Waals surface area (Å²) in [5.74, 6) is 1.37. The van der Waals surface area contributed by atoms with Gasteiger partial charge < -0.3 is 0 Å². The van der Waals surface area contributed by atoms with Crippen molar-refractivity contribution in [3.63, 3.8) is 0 Å². The Morgan fingerprint density at radius 3 is 2.52 bits per heavy atom. The Morgan fingerprint density at radius 1 is 1.15 bits per heavy atom. The highest BCUT2D eigenvalue weighted by Gasteiger charge is 2.31. The van der Waals surface area contributed by atoms with Crippen LogP contribution in [-0.4, -0.2) is 23.0 Å². The third-order valence-electron chi connectivity index (χ3n) is 3.82. The minimum absolute atomic E-state index is 0.102. The molecule has 0 saturated heterocycles. The van der Waals surface area contributed by atoms with Crippen LogP contribution in [0.5, 0.6) is 0 Å². The second kappa shape index (κ2) is 7.12. The summed E-state index contributed by atoms with van der Waals surface area (Å²) in [5.41, 5.74) is -0.459. The van der Waals surface area contributed by atoms with Crippen LogP contribution in [0.1, 0.15) is 17.0 Å². The Morgan fingerprint density at radius 2 is 1.93 bits per heavy atom. The summed E-state index contributed by atoms with van der Waals surface area (Å²) in [6, 6.07) is 6.96. The minimum atomic E-state index is -4.61. The Kier molecular flexibility index (Phi) is 5.03. The predicted molar refractivity (Wildman–Crippen MR) is 91.6 cm³/mol. The topological polar surface area (TPSA) is 76.9 Å². The van der Waals surface area contributed by atoms with Crippen LogP contribution < -0.4 is 4.72 Å². The summed E-state index contributed by atoms with van der Waals surface area (Å²) in [6.45, 7) is 1.72. The average molecular weight is 396 g/mol. The molecular weight excluding hydrogens is 381 g/mol. The van der Waals surface area contributed by atoms with Gasteiger partial charge in [-0.25, -0.2) is 23.1 Å². The van der Waals surface area contributed by atoms with Gasteiger partial charge in [-0.2, -0.15) is 13.2 Å². The Bertz CT molecular complexity index is 1040. The lowest BCUT2D eigenvalue weighted by atomic mass is 10.2. The molecule has 0 bridgehead atoms. The summed E-state index contributed by atoms with van der Waals surface area (Å²) in [7, 11) is -4.09. The maximum absolute atomic E-state index is 12.8. The van der Waals surface area contributed by atoms with Gasteiger partial charge in [0.15, 0.2) is 0 Å². The number of nitrogens with zero attached hydrogens (tertiary/aromatic N) is 3. The maximum atomic E-state index is 12.8. The Labute approximate surface area is 153 Å². The fourth-order valence-electron chi connectivity index (χ4n) is 2.39. The quantitative estimate of drug-likeness (QED) is 0.719. The van der Waals surface area contributed by atoms with Crippen molar-refractivity contribution in [1.29, 1.82) is 0 Å². The number of benzene rings is 1. The van der Waals surface area contributed by atoms with Crippen molar-refractivity contribution in [2.45, 2.75) is 24.5 Å². The van der Waals surface area contributed by atoms with E-state index in [4.69, 9.17) is 0 Å². The highest BCUT2D eigenvalue weighted by atomic mass is 32.2. The normalized spacial score (nSPS) is 12.3. The summed E-state index contributed by atoms with van der Waals surface area (Å²) in [5, 5.41) is 0. The molecule has 0 aliphatic rings. The smallest absolute Gasteiger partial charge is 0.288 e. The van der Waals surface area contributed by atoms with Crippen molar-refractivity contribution in [2.75, 3.05) is 0 Å². The van der Waals surface area contributed by atoms with E-state index in [2.05, 4.69) is 14.7 Å². The maximum Gasteiger partial charge on any atom is 0.416 e.